The van der Waals surface area contributed by atoms with E-state index in [-0.39, 0.29) is 24.1 Å². The standard InChI is InChI=1S/C23H38FN3O3S/c1-15(2)31(28,29)26-20-8-6-19(7-9-20)12-25-21-10-11-22(18(5)23(21)24)27-13-16(3)30-17(4)14-27/h10-11,15-17,19-20,25-26H,6-9,12-14H2,1-5H3/t16-,17+,19?,20?. The lowest BCUT2D eigenvalue weighted by atomic mass is 9.86. The number of nitrogens with zero attached hydrogens (tertiary/aromatic N) is 1. The van der Waals surface area contributed by atoms with Crippen molar-refractivity contribution in [3.05, 3.63) is 23.5 Å². The molecule has 0 aromatic heterocycles. The third kappa shape index (κ3) is 6.11. The third-order valence-corrected chi connectivity index (χ3v) is 8.40. The highest BCUT2D eigenvalue weighted by molar-refractivity contribution is 7.90. The fourth-order valence-corrected chi connectivity index (χ4v) is 5.61. The van der Waals surface area contributed by atoms with E-state index in [0.29, 0.717) is 23.7 Å². The van der Waals surface area contributed by atoms with Gasteiger partial charge in [-0.3, -0.25) is 0 Å². The molecule has 2 aliphatic rings. The van der Waals surface area contributed by atoms with Crippen molar-refractivity contribution < 1.29 is 17.5 Å². The number of ether oxygens (including phenoxy) is 1. The molecule has 1 saturated heterocycles. The van der Waals surface area contributed by atoms with Gasteiger partial charge < -0.3 is 15.0 Å². The van der Waals surface area contributed by atoms with Gasteiger partial charge in [0.15, 0.2) is 5.82 Å². The van der Waals surface area contributed by atoms with E-state index in [9.17, 15) is 8.42 Å². The molecule has 2 N–H and O–H groups in total. The van der Waals surface area contributed by atoms with Crippen molar-refractivity contribution in [1.29, 1.82) is 0 Å². The van der Waals surface area contributed by atoms with E-state index in [4.69, 9.17) is 4.74 Å². The second-order valence-corrected chi connectivity index (χ2v) is 11.8. The van der Waals surface area contributed by atoms with Crippen LogP contribution < -0.4 is 14.9 Å². The van der Waals surface area contributed by atoms with Gasteiger partial charge >= 0.3 is 0 Å². The van der Waals surface area contributed by atoms with Crippen molar-refractivity contribution in [2.24, 2.45) is 5.92 Å². The van der Waals surface area contributed by atoms with Gasteiger partial charge in [-0.1, -0.05) is 0 Å². The lowest BCUT2D eigenvalue weighted by Gasteiger charge is -2.37. The van der Waals surface area contributed by atoms with Crippen LogP contribution in [-0.2, 0) is 14.8 Å². The Morgan fingerprint density at radius 1 is 1.13 bits per heavy atom. The Morgan fingerprint density at radius 2 is 1.74 bits per heavy atom. The summed E-state index contributed by atoms with van der Waals surface area (Å²) in [5.74, 6) is 0.225. The van der Waals surface area contributed by atoms with Crippen LogP contribution in [0.3, 0.4) is 0 Å². The molecular weight excluding hydrogens is 417 g/mol. The van der Waals surface area contributed by atoms with Gasteiger partial charge in [0.1, 0.15) is 0 Å². The summed E-state index contributed by atoms with van der Waals surface area (Å²) in [4.78, 5) is 2.21. The Bertz CT molecular complexity index is 844. The Morgan fingerprint density at radius 3 is 2.32 bits per heavy atom. The first-order valence-electron chi connectivity index (χ1n) is 11.5. The fourth-order valence-electron chi connectivity index (χ4n) is 4.64. The maximum absolute atomic E-state index is 15.1. The largest absolute Gasteiger partial charge is 0.382 e. The zero-order valence-corrected chi connectivity index (χ0v) is 20.3. The van der Waals surface area contributed by atoms with Crippen LogP contribution in [-0.4, -0.2) is 51.6 Å². The fraction of sp³-hybridized carbons (Fsp3) is 0.739. The van der Waals surface area contributed by atoms with E-state index in [1.165, 1.54) is 0 Å². The molecule has 0 amide bonds. The average Bonchev–Trinajstić information content (AvgIpc) is 2.69. The number of hydrogen-bond donors (Lipinski definition) is 2. The first-order chi connectivity index (χ1) is 14.6. The highest BCUT2D eigenvalue weighted by Crippen LogP contribution is 2.31. The van der Waals surface area contributed by atoms with Gasteiger partial charge in [-0.15, -0.1) is 0 Å². The third-order valence-electron chi connectivity index (χ3n) is 6.50. The van der Waals surface area contributed by atoms with Gasteiger partial charge in [-0.2, -0.15) is 0 Å². The van der Waals surface area contributed by atoms with Gasteiger partial charge in [-0.25, -0.2) is 17.5 Å². The number of nitrogens with one attached hydrogen (secondary N) is 2. The van der Waals surface area contributed by atoms with E-state index >= 15 is 4.39 Å². The number of hydrogen-bond acceptors (Lipinski definition) is 5. The summed E-state index contributed by atoms with van der Waals surface area (Å²) in [5, 5.41) is 2.88. The first kappa shape index (κ1) is 24.3. The zero-order valence-electron chi connectivity index (χ0n) is 19.4. The van der Waals surface area contributed by atoms with Gasteiger partial charge in [0, 0.05) is 36.9 Å². The Kier molecular flexibility index (Phi) is 7.86. The number of benzene rings is 1. The summed E-state index contributed by atoms with van der Waals surface area (Å²) >= 11 is 0. The van der Waals surface area contributed by atoms with Crippen LogP contribution in [0.5, 0.6) is 0 Å². The molecule has 3 rings (SSSR count). The molecule has 2 fully saturated rings. The van der Waals surface area contributed by atoms with E-state index in [0.717, 1.165) is 44.5 Å². The van der Waals surface area contributed by atoms with E-state index in [1.54, 1.807) is 13.8 Å². The molecule has 1 aromatic carbocycles. The second kappa shape index (κ2) is 10.0. The Labute approximate surface area is 187 Å². The molecule has 31 heavy (non-hydrogen) atoms. The molecule has 1 aliphatic carbocycles. The normalized spacial score (nSPS) is 27.5. The number of rotatable bonds is 7. The molecule has 1 aliphatic heterocycles. The zero-order chi connectivity index (χ0) is 22.8. The van der Waals surface area contributed by atoms with Crippen molar-refractivity contribution in [2.75, 3.05) is 29.9 Å². The van der Waals surface area contributed by atoms with Crippen LogP contribution in [0.2, 0.25) is 0 Å². The van der Waals surface area contributed by atoms with E-state index in [1.807, 2.05) is 32.9 Å². The molecule has 2 atom stereocenters. The van der Waals surface area contributed by atoms with E-state index < -0.39 is 15.3 Å². The van der Waals surface area contributed by atoms with Crippen LogP contribution in [0, 0.1) is 18.7 Å². The molecule has 0 bridgehead atoms. The number of morpholine rings is 1. The molecule has 1 heterocycles. The summed E-state index contributed by atoms with van der Waals surface area (Å²) in [6, 6.07) is 3.86. The van der Waals surface area contributed by atoms with Gasteiger partial charge in [0.25, 0.3) is 0 Å². The number of sulfonamides is 1. The lowest BCUT2D eigenvalue weighted by Crippen LogP contribution is -2.45. The summed E-state index contributed by atoms with van der Waals surface area (Å²) in [7, 11) is -3.23. The van der Waals surface area contributed by atoms with Crippen molar-refractivity contribution >= 4 is 21.4 Å². The summed E-state index contributed by atoms with van der Waals surface area (Å²) in [5.41, 5.74) is 2.14. The maximum atomic E-state index is 15.1. The van der Waals surface area contributed by atoms with Crippen LogP contribution in [0.25, 0.3) is 0 Å². The smallest absolute Gasteiger partial charge is 0.214 e. The molecule has 176 valence electrons. The second-order valence-electron chi connectivity index (χ2n) is 9.54. The van der Waals surface area contributed by atoms with Crippen molar-refractivity contribution in [3.8, 4) is 0 Å². The first-order valence-corrected chi connectivity index (χ1v) is 13.1. The van der Waals surface area contributed by atoms with Crippen LogP contribution in [0.15, 0.2) is 12.1 Å². The Hall–Kier alpha value is -1.38. The van der Waals surface area contributed by atoms with Crippen molar-refractivity contribution in [2.45, 2.75) is 83.8 Å². The Balaban J connectivity index is 1.54. The van der Waals surface area contributed by atoms with Crippen molar-refractivity contribution in [3.63, 3.8) is 0 Å². The minimum atomic E-state index is -3.23. The number of anilines is 2. The molecule has 0 spiro atoms. The predicted octanol–water partition coefficient (Wildman–Crippen LogP) is 4.05. The molecule has 8 heteroatoms. The lowest BCUT2D eigenvalue weighted by molar-refractivity contribution is -0.00526. The molecule has 0 unspecified atom stereocenters. The molecule has 0 radical (unpaired) electrons. The summed E-state index contributed by atoms with van der Waals surface area (Å²) in [6.45, 7) is 11.6. The van der Waals surface area contributed by atoms with Gasteiger partial charge in [0.2, 0.25) is 10.0 Å². The molecule has 6 nitrogen and oxygen atoms in total. The van der Waals surface area contributed by atoms with Crippen LogP contribution >= 0.6 is 0 Å². The van der Waals surface area contributed by atoms with Crippen molar-refractivity contribution in [1.82, 2.24) is 4.72 Å². The number of halogens is 1. The molecule has 1 saturated carbocycles. The average molecular weight is 456 g/mol. The maximum Gasteiger partial charge on any atom is 0.214 e. The minimum absolute atomic E-state index is 0.0141. The van der Waals surface area contributed by atoms with Crippen LogP contribution in [0.1, 0.15) is 58.9 Å². The predicted molar refractivity (Wildman–Crippen MR) is 125 cm³/mol. The highest BCUT2D eigenvalue weighted by Gasteiger charge is 2.27. The summed E-state index contributed by atoms with van der Waals surface area (Å²) in [6.07, 6.45) is 3.77. The highest BCUT2D eigenvalue weighted by atomic mass is 32.2. The monoisotopic (exact) mass is 455 g/mol. The minimum Gasteiger partial charge on any atom is -0.382 e. The van der Waals surface area contributed by atoms with Gasteiger partial charge in [0.05, 0.1) is 23.1 Å². The molecular formula is C23H38FN3O3S. The SMILES string of the molecule is Cc1c(N2C[C@@H](C)O[C@@H](C)C2)ccc(NCC2CCC(NS(=O)(=O)C(C)C)CC2)c1F. The van der Waals surface area contributed by atoms with Gasteiger partial charge in [-0.05, 0) is 78.4 Å². The topological polar surface area (TPSA) is 70.7 Å². The summed E-state index contributed by atoms with van der Waals surface area (Å²) < 4.78 is 47.8. The van der Waals surface area contributed by atoms with E-state index in [2.05, 4.69) is 14.9 Å². The quantitative estimate of drug-likeness (QED) is 0.649. The van der Waals surface area contributed by atoms with Crippen LogP contribution in [0.4, 0.5) is 15.8 Å². The molecule has 1 aromatic rings.